The highest BCUT2D eigenvalue weighted by Gasteiger charge is 2.40. The minimum absolute atomic E-state index is 0.0901. The molecule has 0 aliphatic heterocycles. The van der Waals surface area contributed by atoms with Crippen LogP contribution in [0.1, 0.15) is 67.7 Å². The molecule has 1 aliphatic rings. The lowest BCUT2D eigenvalue weighted by atomic mass is 10.0. The molecule has 116 valence electrons. The Kier molecular flexibility index (Phi) is 4.88. The van der Waals surface area contributed by atoms with Gasteiger partial charge in [0.25, 0.3) is 0 Å². The Morgan fingerprint density at radius 3 is 1.95 bits per heavy atom. The maximum atomic E-state index is 12.5. The first kappa shape index (κ1) is 17.0. The molecule has 0 aromatic rings. The first-order chi connectivity index (χ1) is 8.92. The fourth-order valence-corrected chi connectivity index (χ4v) is 2.84. The Bertz CT molecular complexity index is 376. The van der Waals surface area contributed by atoms with Crippen molar-refractivity contribution in [3.05, 3.63) is 0 Å². The maximum Gasteiger partial charge on any atom is 0.410 e. The summed E-state index contributed by atoms with van der Waals surface area (Å²) in [6.07, 6.45) is 2.22. The summed E-state index contributed by atoms with van der Waals surface area (Å²) in [4.78, 5) is 25.8. The highest BCUT2D eigenvalue weighted by molar-refractivity contribution is 5.79. The zero-order valence-corrected chi connectivity index (χ0v) is 13.9. The lowest BCUT2D eigenvalue weighted by Crippen LogP contribution is -2.52. The predicted octanol–water partition coefficient (Wildman–Crippen LogP) is 3.78. The minimum atomic E-state index is -0.501. The normalized spacial score (nSPS) is 23.6. The quantitative estimate of drug-likeness (QED) is 0.774. The summed E-state index contributed by atoms with van der Waals surface area (Å²) >= 11 is 0. The van der Waals surface area contributed by atoms with Crippen molar-refractivity contribution in [2.75, 3.05) is 0 Å². The molecule has 20 heavy (non-hydrogen) atoms. The summed E-state index contributed by atoms with van der Waals surface area (Å²) in [7, 11) is 0. The van der Waals surface area contributed by atoms with Crippen LogP contribution in [0.5, 0.6) is 0 Å². The van der Waals surface area contributed by atoms with Gasteiger partial charge in [-0.25, -0.2) is 4.79 Å². The summed E-state index contributed by atoms with van der Waals surface area (Å²) in [6, 6.07) is 0.0961. The number of hydrogen-bond acceptors (Lipinski definition) is 3. The van der Waals surface area contributed by atoms with Gasteiger partial charge in [0.05, 0.1) is 0 Å². The van der Waals surface area contributed by atoms with Crippen LogP contribution in [0.4, 0.5) is 4.79 Å². The van der Waals surface area contributed by atoms with Gasteiger partial charge in [-0.15, -0.1) is 0 Å². The number of ether oxygens (including phenoxy) is 1. The van der Waals surface area contributed by atoms with Crippen molar-refractivity contribution in [1.82, 2.24) is 4.90 Å². The smallest absolute Gasteiger partial charge is 0.410 e. The molecule has 1 saturated carbocycles. The third kappa shape index (κ3) is 4.50. The molecule has 1 fully saturated rings. The van der Waals surface area contributed by atoms with Crippen LogP contribution in [-0.2, 0) is 9.53 Å². The molecular formula is C16H29NO3. The Morgan fingerprint density at radius 2 is 1.60 bits per heavy atom. The van der Waals surface area contributed by atoms with Crippen LogP contribution < -0.4 is 0 Å². The van der Waals surface area contributed by atoms with Gasteiger partial charge in [-0.3, -0.25) is 4.79 Å². The van der Waals surface area contributed by atoms with E-state index in [1.807, 2.05) is 46.4 Å². The number of rotatable bonds is 2. The van der Waals surface area contributed by atoms with Crippen LogP contribution in [0, 0.1) is 5.92 Å². The summed E-state index contributed by atoms with van der Waals surface area (Å²) in [6.45, 7) is 13.3. The molecular weight excluding hydrogens is 254 g/mol. The van der Waals surface area contributed by atoms with E-state index in [1.54, 1.807) is 6.92 Å². The molecule has 1 aliphatic carbocycles. The standard InChI is InChI=1S/C16H29NO3/c1-11(18)12-8-9-13(10-12)17(15(2,3)4)14(19)20-16(5,6)7/h12-13H,8-10H2,1-7H3/t12-,13+/m0/s1. The summed E-state index contributed by atoms with van der Waals surface area (Å²) < 4.78 is 5.54. The van der Waals surface area contributed by atoms with Gasteiger partial charge in [0.1, 0.15) is 11.4 Å². The van der Waals surface area contributed by atoms with E-state index >= 15 is 0 Å². The highest BCUT2D eigenvalue weighted by Crippen LogP contribution is 2.34. The topological polar surface area (TPSA) is 46.6 Å². The summed E-state index contributed by atoms with van der Waals surface area (Å²) in [5, 5.41) is 0. The number of Topliss-reactive ketones (excluding diaryl/α,β-unsaturated/α-hetero) is 1. The van der Waals surface area contributed by atoms with Crippen LogP contribution in [0.15, 0.2) is 0 Å². The van der Waals surface area contributed by atoms with E-state index in [2.05, 4.69) is 0 Å². The van der Waals surface area contributed by atoms with Crippen LogP contribution in [-0.4, -0.2) is 34.0 Å². The fourth-order valence-electron chi connectivity index (χ4n) is 2.84. The van der Waals surface area contributed by atoms with Gasteiger partial charge < -0.3 is 9.64 Å². The zero-order valence-electron chi connectivity index (χ0n) is 13.9. The van der Waals surface area contributed by atoms with E-state index < -0.39 is 5.60 Å². The number of carbonyl (C=O) groups excluding carboxylic acids is 2. The van der Waals surface area contributed by atoms with Gasteiger partial charge in [0.15, 0.2) is 0 Å². The van der Waals surface area contributed by atoms with Crippen LogP contribution in [0.25, 0.3) is 0 Å². The number of carbonyl (C=O) groups is 2. The van der Waals surface area contributed by atoms with Crippen molar-refractivity contribution >= 4 is 11.9 Å². The van der Waals surface area contributed by atoms with E-state index in [9.17, 15) is 9.59 Å². The molecule has 0 aromatic carbocycles. The molecule has 0 N–H and O–H groups in total. The van der Waals surface area contributed by atoms with Crippen molar-refractivity contribution in [3.63, 3.8) is 0 Å². The van der Waals surface area contributed by atoms with Gasteiger partial charge in [-0.2, -0.15) is 0 Å². The number of nitrogens with zero attached hydrogens (tertiary/aromatic N) is 1. The van der Waals surface area contributed by atoms with Gasteiger partial charge in [-0.1, -0.05) is 0 Å². The molecule has 0 heterocycles. The Balaban J connectivity index is 2.87. The summed E-state index contributed by atoms with van der Waals surface area (Å²) in [5.74, 6) is 0.317. The van der Waals surface area contributed by atoms with E-state index in [4.69, 9.17) is 4.74 Å². The first-order valence-corrected chi connectivity index (χ1v) is 7.44. The van der Waals surface area contributed by atoms with Crippen molar-refractivity contribution in [3.8, 4) is 0 Å². The van der Waals surface area contributed by atoms with Crippen molar-refractivity contribution < 1.29 is 14.3 Å². The molecule has 0 spiro atoms. The van der Waals surface area contributed by atoms with Gasteiger partial charge in [0, 0.05) is 17.5 Å². The molecule has 4 nitrogen and oxygen atoms in total. The van der Waals surface area contributed by atoms with Crippen LogP contribution in [0.2, 0.25) is 0 Å². The van der Waals surface area contributed by atoms with Crippen molar-refractivity contribution in [1.29, 1.82) is 0 Å². The lowest BCUT2D eigenvalue weighted by Gasteiger charge is -2.41. The molecule has 0 bridgehead atoms. The second-order valence-corrected chi connectivity index (χ2v) is 7.80. The average Bonchev–Trinajstić information content (AvgIpc) is 2.61. The van der Waals surface area contributed by atoms with Crippen LogP contribution in [0.3, 0.4) is 0 Å². The van der Waals surface area contributed by atoms with Gasteiger partial charge >= 0.3 is 6.09 Å². The third-order valence-electron chi connectivity index (χ3n) is 3.66. The number of ketones is 1. The van der Waals surface area contributed by atoms with Crippen molar-refractivity contribution in [2.24, 2.45) is 5.92 Å². The van der Waals surface area contributed by atoms with E-state index in [0.717, 1.165) is 19.3 Å². The first-order valence-electron chi connectivity index (χ1n) is 7.44. The SMILES string of the molecule is CC(=O)[C@H]1CC[C@@H](N(C(=O)OC(C)(C)C)C(C)(C)C)C1. The van der Waals surface area contributed by atoms with E-state index in [1.165, 1.54) is 0 Å². The zero-order chi connectivity index (χ0) is 15.7. The molecule has 4 heteroatoms. The largest absolute Gasteiger partial charge is 0.444 e. The fraction of sp³-hybridized carbons (Fsp3) is 0.875. The highest BCUT2D eigenvalue weighted by atomic mass is 16.6. The lowest BCUT2D eigenvalue weighted by molar-refractivity contribution is -0.120. The predicted molar refractivity (Wildman–Crippen MR) is 79.6 cm³/mol. The van der Waals surface area contributed by atoms with Gasteiger partial charge in [0.2, 0.25) is 0 Å². The Hall–Kier alpha value is -1.06. The molecule has 2 atom stereocenters. The molecule has 0 aromatic heterocycles. The maximum absolute atomic E-state index is 12.5. The molecule has 1 amide bonds. The number of amides is 1. The molecule has 1 rings (SSSR count). The van der Waals surface area contributed by atoms with Crippen LogP contribution >= 0.6 is 0 Å². The van der Waals surface area contributed by atoms with E-state index in [-0.39, 0.29) is 29.4 Å². The molecule has 0 saturated heterocycles. The summed E-state index contributed by atoms with van der Waals surface area (Å²) in [5.41, 5.74) is -0.808. The molecule has 0 unspecified atom stereocenters. The Morgan fingerprint density at radius 1 is 1.05 bits per heavy atom. The monoisotopic (exact) mass is 283 g/mol. The second-order valence-electron chi connectivity index (χ2n) is 7.80. The van der Waals surface area contributed by atoms with Crippen molar-refractivity contribution in [2.45, 2.75) is 84.9 Å². The Labute approximate surface area is 122 Å². The second kappa shape index (κ2) is 5.74. The van der Waals surface area contributed by atoms with Gasteiger partial charge in [-0.05, 0) is 67.7 Å². The average molecular weight is 283 g/mol. The third-order valence-corrected chi connectivity index (χ3v) is 3.66. The minimum Gasteiger partial charge on any atom is -0.444 e. The van der Waals surface area contributed by atoms with E-state index in [0.29, 0.717) is 0 Å². The molecule has 0 radical (unpaired) electrons. The number of hydrogen-bond donors (Lipinski definition) is 0.